The lowest BCUT2D eigenvalue weighted by atomic mass is 9.99. The van der Waals surface area contributed by atoms with E-state index in [0.29, 0.717) is 16.6 Å². The summed E-state index contributed by atoms with van der Waals surface area (Å²) in [4.78, 5) is 0. The van der Waals surface area contributed by atoms with Crippen molar-refractivity contribution in [1.29, 1.82) is 0 Å². The second kappa shape index (κ2) is 4.30. The summed E-state index contributed by atoms with van der Waals surface area (Å²) >= 11 is 6.24. The quantitative estimate of drug-likeness (QED) is 0.863. The minimum Gasteiger partial charge on any atom is -0.495 e. The van der Waals surface area contributed by atoms with Crippen LogP contribution in [0.15, 0.2) is 12.3 Å². The standard InChI is InChI=1S/C12H14ClN3O/c1-6-4-7(2)10(13)11(17-3)9(6)8-5-15-16-12(8)14/h4-5H,1-3H3,(H3,14,15,16). The van der Waals surface area contributed by atoms with Crippen molar-refractivity contribution in [2.75, 3.05) is 12.8 Å². The third kappa shape index (κ3) is 1.85. The van der Waals surface area contributed by atoms with Crippen molar-refractivity contribution < 1.29 is 4.74 Å². The Kier molecular flexibility index (Phi) is 2.98. The first kappa shape index (κ1) is 11.8. The Morgan fingerprint density at radius 2 is 2.06 bits per heavy atom. The smallest absolute Gasteiger partial charge is 0.145 e. The van der Waals surface area contributed by atoms with Gasteiger partial charge in [-0.05, 0) is 25.0 Å². The molecule has 0 bridgehead atoms. The number of aromatic nitrogens is 2. The van der Waals surface area contributed by atoms with Gasteiger partial charge < -0.3 is 10.5 Å². The summed E-state index contributed by atoms with van der Waals surface area (Å²) < 4.78 is 5.39. The number of nitrogen functional groups attached to an aromatic ring is 1. The Morgan fingerprint density at radius 1 is 1.35 bits per heavy atom. The number of nitrogens with one attached hydrogen (secondary N) is 1. The molecule has 4 nitrogen and oxygen atoms in total. The molecule has 0 radical (unpaired) electrons. The minimum absolute atomic E-state index is 0.506. The molecule has 0 saturated heterocycles. The highest BCUT2D eigenvalue weighted by atomic mass is 35.5. The van der Waals surface area contributed by atoms with Crippen molar-refractivity contribution >= 4 is 17.4 Å². The van der Waals surface area contributed by atoms with E-state index in [-0.39, 0.29) is 0 Å². The van der Waals surface area contributed by atoms with Crippen molar-refractivity contribution in [2.45, 2.75) is 13.8 Å². The highest BCUT2D eigenvalue weighted by molar-refractivity contribution is 6.33. The van der Waals surface area contributed by atoms with Gasteiger partial charge in [0.15, 0.2) is 0 Å². The van der Waals surface area contributed by atoms with Gasteiger partial charge in [0.25, 0.3) is 0 Å². The number of rotatable bonds is 2. The predicted octanol–water partition coefficient (Wildman–Crippen LogP) is 2.94. The van der Waals surface area contributed by atoms with Crippen LogP contribution in [0.5, 0.6) is 5.75 Å². The zero-order valence-corrected chi connectivity index (χ0v) is 10.7. The van der Waals surface area contributed by atoms with Gasteiger partial charge in [0.2, 0.25) is 0 Å². The number of nitrogens with two attached hydrogens (primary N) is 1. The zero-order valence-electron chi connectivity index (χ0n) is 9.97. The Balaban J connectivity index is 2.77. The molecule has 0 amide bonds. The van der Waals surface area contributed by atoms with Crippen LogP contribution in [0.3, 0.4) is 0 Å². The lowest BCUT2D eigenvalue weighted by molar-refractivity contribution is 0.416. The number of aromatic amines is 1. The normalized spacial score (nSPS) is 10.6. The summed E-state index contributed by atoms with van der Waals surface area (Å²) in [5, 5.41) is 7.23. The number of halogens is 1. The van der Waals surface area contributed by atoms with E-state index >= 15 is 0 Å². The number of ether oxygens (including phenoxy) is 1. The number of H-pyrrole nitrogens is 1. The maximum absolute atomic E-state index is 6.24. The first-order valence-electron chi connectivity index (χ1n) is 5.19. The molecular weight excluding hydrogens is 238 g/mol. The van der Waals surface area contributed by atoms with E-state index in [1.54, 1.807) is 13.3 Å². The van der Waals surface area contributed by atoms with Crippen LogP contribution in [0.4, 0.5) is 5.82 Å². The van der Waals surface area contributed by atoms with Crippen molar-refractivity contribution in [3.63, 3.8) is 0 Å². The van der Waals surface area contributed by atoms with E-state index in [1.807, 2.05) is 19.9 Å². The van der Waals surface area contributed by atoms with Gasteiger partial charge >= 0.3 is 0 Å². The lowest BCUT2D eigenvalue weighted by Gasteiger charge is -2.14. The largest absolute Gasteiger partial charge is 0.495 e. The van der Waals surface area contributed by atoms with Crippen molar-refractivity contribution in [2.24, 2.45) is 0 Å². The topological polar surface area (TPSA) is 63.9 Å². The molecule has 90 valence electrons. The summed E-state index contributed by atoms with van der Waals surface area (Å²) in [5.41, 5.74) is 9.56. The third-order valence-corrected chi connectivity index (χ3v) is 3.21. The number of anilines is 1. The molecule has 1 aromatic carbocycles. The molecule has 0 atom stereocenters. The maximum Gasteiger partial charge on any atom is 0.145 e. The SMILES string of the molecule is COc1c(Cl)c(C)cc(C)c1-c1cn[nH]c1N. The van der Waals surface area contributed by atoms with Gasteiger partial charge in [-0.3, -0.25) is 5.10 Å². The molecule has 2 rings (SSSR count). The van der Waals surface area contributed by atoms with Crippen molar-refractivity contribution in [1.82, 2.24) is 10.2 Å². The minimum atomic E-state index is 0.506. The second-order valence-corrected chi connectivity index (χ2v) is 4.31. The van der Waals surface area contributed by atoms with Crippen LogP contribution in [0.1, 0.15) is 11.1 Å². The van der Waals surface area contributed by atoms with Gasteiger partial charge in [0.05, 0.1) is 18.3 Å². The lowest BCUT2D eigenvalue weighted by Crippen LogP contribution is -1.96. The van der Waals surface area contributed by atoms with E-state index in [4.69, 9.17) is 22.1 Å². The number of nitrogens with zero attached hydrogens (tertiary/aromatic N) is 1. The number of hydrogen-bond donors (Lipinski definition) is 2. The first-order chi connectivity index (χ1) is 8.06. The van der Waals surface area contributed by atoms with Crippen LogP contribution in [0, 0.1) is 13.8 Å². The molecular formula is C12H14ClN3O. The molecule has 3 N–H and O–H groups in total. The fourth-order valence-corrected chi connectivity index (χ4v) is 2.18. The monoisotopic (exact) mass is 251 g/mol. The Labute approximate surface area is 105 Å². The van der Waals surface area contributed by atoms with E-state index in [0.717, 1.165) is 22.3 Å². The molecule has 0 unspecified atom stereocenters. The highest BCUT2D eigenvalue weighted by Gasteiger charge is 2.18. The summed E-state index contributed by atoms with van der Waals surface area (Å²) in [7, 11) is 1.60. The molecule has 1 heterocycles. The van der Waals surface area contributed by atoms with Crippen LogP contribution < -0.4 is 10.5 Å². The second-order valence-electron chi connectivity index (χ2n) is 3.93. The summed E-state index contributed by atoms with van der Waals surface area (Å²) in [6.45, 7) is 3.94. The third-order valence-electron chi connectivity index (χ3n) is 2.74. The zero-order chi connectivity index (χ0) is 12.6. The Morgan fingerprint density at radius 3 is 2.59 bits per heavy atom. The molecule has 0 aliphatic heterocycles. The van der Waals surface area contributed by atoms with Gasteiger partial charge in [0, 0.05) is 11.1 Å². The average Bonchev–Trinajstić information content (AvgIpc) is 2.69. The van der Waals surface area contributed by atoms with Crippen LogP contribution >= 0.6 is 11.6 Å². The molecule has 0 spiro atoms. The maximum atomic E-state index is 6.24. The fourth-order valence-electron chi connectivity index (χ4n) is 1.95. The van der Waals surface area contributed by atoms with Gasteiger partial charge in [-0.25, -0.2) is 0 Å². The van der Waals surface area contributed by atoms with Gasteiger partial charge in [-0.15, -0.1) is 0 Å². The Bertz CT molecular complexity index is 563. The average molecular weight is 252 g/mol. The van der Waals surface area contributed by atoms with Crippen LogP contribution in [-0.2, 0) is 0 Å². The number of methoxy groups -OCH3 is 1. The van der Waals surface area contributed by atoms with E-state index < -0.39 is 0 Å². The van der Waals surface area contributed by atoms with E-state index in [1.165, 1.54) is 0 Å². The predicted molar refractivity (Wildman–Crippen MR) is 69.5 cm³/mol. The number of aryl methyl sites for hydroxylation is 2. The summed E-state index contributed by atoms with van der Waals surface area (Å²) in [5.74, 6) is 1.14. The number of benzene rings is 1. The van der Waals surface area contributed by atoms with E-state index in [2.05, 4.69) is 10.2 Å². The van der Waals surface area contributed by atoms with Crippen molar-refractivity contribution in [3.05, 3.63) is 28.4 Å². The highest BCUT2D eigenvalue weighted by Crippen LogP contribution is 2.42. The molecule has 2 aromatic rings. The van der Waals surface area contributed by atoms with Gasteiger partial charge in [-0.2, -0.15) is 5.10 Å². The molecule has 5 heteroatoms. The summed E-state index contributed by atoms with van der Waals surface area (Å²) in [6, 6.07) is 2.01. The molecule has 0 saturated carbocycles. The van der Waals surface area contributed by atoms with Crippen LogP contribution in [0.25, 0.3) is 11.1 Å². The first-order valence-corrected chi connectivity index (χ1v) is 5.57. The Hall–Kier alpha value is -1.68. The van der Waals surface area contributed by atoms with Gasteiger partial charge in [-0.1, -0.05) is 17.7 Å². The van der Waals surface area contributed by atoms with Gasteiger partial charge in [0.1, 0.15) is 11.6 Å². The van der Waals surface area contributed by atoms with Crippen LogP contribution in [0.2, 0.25) is 5.02 Å². The molecule has 17 heavy (non-hydrogen) atoms. The number of hydrogen-bond acceptors (Lipinski definition) is 3. The van der Waals surface area contributed by atoms with Crippen molar-refractivity contribution in [3.8, 4) is 16.9 Å². The molecule has 0 fully saturated rings. The molecule has 1 aromatic heterocycles. The summed E-state index contributed by atoms with van der Waals surface area (Å²) in [6.07, 6.45) is 1.67. The molecule has 0 aliphatic carbocycles. The fraction of sp³-hybridized carbons (Fsp3) is 0.250. The van der Waals surface area contributed by atoms with Crippen LogP contribution in [-0.4, -0.2) is 17.3 Å². The molecule has 0 aliphatic rings. The van der Waals surface area contributed by atoms with E-state index in [9.17, 15) is 0 Å².